The van der Waals surface area contributed by atoms with Crippen LogP contribution in [0.1, 0.15) is 10.4 Å². The molecule has 0 spiro atoms. The highest BCUT2D eigenvalue weighted by Gasteiger charge is 2.14. The number of ether oxygens (including phenoxy) is 1. The highest BCUT2D eigenvalue weighted by molar-refractivity contribution is 7.14. The molecule has 1 aromatic heterocycles. The third-order valence-corrected chi connectivity index (χ3v) is 4.26. The summed E-state index contributed by atoms with van der Waals surface area (Å²) in [6.07, 6.45) is 0. The van der Waals surface area contributed by atoms with Crippen molar-refractivity contribution in [2.75, 3.05) is 12.4 Å². The van der Waals surface area contributed by atoms with E-state index >= 15 is 0 Å². The SMILES string of the molecule is COc1ccc(F)cc1-c1csc(NC(=O)c2ccc([N+](=O)[O-])cc2)n1. The molecule has 2 aromatic carbocycles. The number of carbonyl (C=O) groups is 1. The van der Waals surface area contributed by atoms with Crippen molar-refractivity contribution in [1.29, 1.82) is 0 Å². The quantitative estimate of drug-likeness (QED) is 0.536. The van der Waals surface area contributed by atoms with Crippen molar-refractivity contribution in [2.24, 2.45) is 0 Å². The van der Waals surface area contributed by atoms with Gasteiger partial charge < -0.3 is 4.74 Å². The molecule has 0 aliphatic heterocycles. The molecule has 9 heteroatoms. The normalized spacial score (nSPS) is 10.4. The van der Waals surface area contributed by atoms with Gasteiger partial charge in [-0.05, 0) is 30.3 Å². The molecular weight excluding hydrogens is 361 g/mol. The lowest BCUT2D eigenvalue weighted by atomic mass is 10.1. The first-order chi connectivity index (χ1) is 12.5. The first-order valence-electron chi connectivity index (χ1n) is 7.33. The third kappa shape index (κ3) is 3.67. The second-order valence-electron chi connectivity index (χ2n) is 5.14. The van der Waals surface area contributed by atoms with Gasteiger partial charge in [0.1, 0.15) is 11.6 Å². The molecule has 3 rings (SSSR count). The molecule has 0 saturated carbocycles. The van der Waals surface area contributed by atoms with E-state index in [0.717, 1.165) is 0 Å². The second kappa shape index (κ2) is 7.28. The van der Waals surface area contributed by atoms with Crippen LogP contribution in [-0.2, 0) is 0 Å². The van der Waals surface area contributed by atoms with E-state index in [1.807, 2.05) is 0 Å². The predicted molar refractivity (Wildman–Crippen MR) is 95.1 cm³/mol. The number of rotatable bonds is 5. The van der Waals surface area contributed by atoms with Crippen LogP contribution >= 0.6 is 11.3 Å². The van der Waals surface area contributed by atoms with E-state index in [-0.39, 0.29) is 11.3 Å². The topological polar surface area (TPSA) is 94.4 Å². The first kappa shape index (κ1) is 17.5. The minimum atomic E-state index is -0.541. The van der Waals surface area contributed by atoms with Crippen molar-refractivity contribution >= 4 is 28.1 Å². The van der Waals surface area contributed by atoms with E-state index in [4.69, 9.17) is 4.74 Å². The molecule has 0 fully saturated rings. The molecule has 1 amide bonds. The summed E-state index contributed by atoms with van der Waals surface area (Å²) >= 11 is 1.17. The lowest BCUT2D eigenvalue weighted by Crippen LogP contribution is -2.11. The number of amides is 1. The Morgan fingerprint density at radius 1 is 1.27 bits per heavy atom. The van der Waals surface area contributed by atoms with E-state index in [2.05, 4.69) is 10.3 Å². The zero-order valence-electron chi connectivity index (χ0n) is 13.4. The Labute approximate surface area is 151 Å². The first-order valence-corrected chi connectivity index (χ1v) is 8.21. The summed E-state index contributed by atoms with van der Waals surface area (Å²) in [5, 5.41) is 15.2. The predicted octanol–water partition coefficient (Wildman–Crippen LogP) is 4.12. The van der Waals surface area contributed by atoms with Crippen molar-refractivity contribution in [3.05, 3.63) is 69.3 Å². The van der Waals surface area contributed by atoms with Crippen LogP contribution in [0, 0.1) is 15.9 Å². The molecule has 132 valence electrons. The minimum absolute atomic E-state index is 0.101. The number of nitro benzene ring substituents is 1. The summed E-state index contributed by atoms with van der Waals surface area (Å²) in [6, 6.07) is 9.30. The number of benzene rings is 2. The van der Waals surface area contributed by atoms with E-state index in [1.165, 1.54) is 60.9 Å². The smallest absolute Gasteiger partial charge is 0.269 e. The number of halogens is 1. The van der Waals surface area contributed by atoms with Gasteiger partial charge in [-0.1, -0.05) is 0 Å². The Morgan fingerprint density at radius 3 is 2.65 bits per heavy atom. The summed E-state index contributed by atoms with van der Waals surface area (Å²) < 4.78 is 18.7. The molecule has 0 atom stereocenters. The number of aromatic nitrogens is 1. The molecular formula is C17H12FN3O4S. The second-order valence-corrected chi connectivity index (χ2v) is 6.00. The molecule has 0 radical (unpaired) electrons. The van der Waals surface area contributed by atoms with Crippen LogP contribution < -0.4 is 10.1 Å². The van der Waals surface area contributed by atoms with Crippen molar-refractivity contribution in [2.45, 2.75) is 0 Å². The average molecular weight is 373 g/mol. The van der Waals surface area contributed by atoms with Gasteiger partial charge in [-0.2, -0.15) is 0 Å². The summed E-state index contributed by atoms with van der Waals surface area (Å²) in [5.41, 5.74) is 1.09. The van der Waals surface area contributed by atoms with Gasteiger partial charge in [-0.15, -0.1) is 11.3 Å². The van der Waals surface area contributed by atoms with Crippen LogP contribution in [0.4, 0.5) is 15.2 Å². The highest BCUT2D eigenvalue weighted by Crippen LogP contribution is 2.32. The molecule has 0 aliphatic carbocycles. The zero-order chi connectivity index (χ0) is 18.7. The Balaban J connectivity index is 1.79. The van der Waals surface area contributed by atoms with Gasteiger partial charge in [0.15, 0.2) is 5.13 Å². The number of thiazole rings is 1. The number of nitro groups is 1. The van der Waals surface area contributed by atoms with Crippen molar-refractivity contribution in [3.63, 3.8) is 0 Å². The van der Waals surface area contributed by atoms with Gasteiger partial charge >= 0.3 is 0 Å². The van der Waals surface area contributed by atoms with Gasteiger partial charge in [0.05, 0.1) is 17.7 Å². The average Bonchev–Trinajstić information content (AvgIpc) is 3.10. The van der Waals surface area contributed by atoms with Crippen molar-refractivity contribution in [3.8, 4) is 17.0 Å². The fraction of sp³-hybridized carbons (Fsp3) is 0.0588. The summed E-state index contributed by atoms with van der Waals surface area (Å²) in [6.45, 7) is 0. The number of nitrogens with zero attached hydrogens (tertiary/aromatic N) is 2. The summed E-state index contributed by atoms with van der Waals surface area (Å²) in [5.74, 6) is -0.415. The van der Waals surface area contributed by atoms with Gasteiger partial charge in [0.2, 0.25) is 0 Å². The van der Waals surface area contributed by atoms with Crippen LogP contribution in [0.15, 0.2) is 47.8 Å². The van der Waals surface area contributed by atoms with Crippen LogP contribution in [0.2, 0.25) is 0 Å². The maximum absolute atomic E-state index is 13.5. The number of nitrogens with one attached hydrogen (secondary N) is 1. The largest absolute Gasteiger partial charge is 0.496 e. The van der Waals surface area contributed by atoms with Crippen LogP contribution in [0.3, 0.4) is 0 Å². The Morgan fingerprint density at radius 2 is 2.00 bits per heavy atom. The Bertz CT molecular complexity index is 972. The van der Waals surface area contributed by atoms with Gasteiger partial charge in [-0.25, -0.2) is 9.37 Å². The van der Waals surface area contributed by atoms with Crippen LogP contribution in [-0.4, -0.2) is 22.9 Å². The lowest BCUT2D eigenvalue weighted by molar-refractivity contribution is -0.384. The van der Waals surface area contributed by atoms with Gasteiger partial charge in [0, 0.05) is 28.6 Å². The molecule has 7 nitrogen and oxygen atoms in total. The molecule has 26 heavy (non-hydrogen) atoms. The Kier molecular flexibility index (Phi) is 4.90. The third-order valence-electron chi connectivity index (χ3n) is 3.50. The molecule has 0 bridgehead atoms. The van der Waals surface area contributed by atoms with E-state index in [9.17, 15) is 19.3 Å². The Hall–Kier alpha value is -3.33. The van der Waals surface area contributed by atoms with E-state index in [0.29, 0.717) is 22.1 Å². The molecule has 0 aliphatic rings. The summed E-state index contributed by atoms with van der Waals surface area (Å²) in [7, 11) is 1.47. The molecule has 0 saturated heterocycles. The van der Waals surface area contributed by atoms with Crippen molar-refractivity contribution in [1.82, 2.24) is 4.98 Å². The van der Waals surface area contributed by atoms with Crippen molar-refractivity contribution < 1.29 is 18.8 Å². The van der Waals surface area contributed by atoms with Crippen LogP contribution in [0.25, 0.3) is 11.3 Å². The van der Waals surface area contributed by atoms with Crippen LogP contribution in [0.5, 0.6) is 5.75 Å². The summed E-state index contributed by atoms with van der Waals surface area (Å²) in [4.78, 5) is 26.6. The monoisotopic (exact) mass is 373 g/mol. The maximum Gasteiger partial charge on any atom is 0.269 e. The zero-order valence-corrected chi connectivity index (χ0v) is 14.2. The maximum atomic E-state index is 13.5. The minimum Gasteiger partial charge on any atom is -0.496 e. The van der Waals surface area contributed by atoms with Gasteiger partial charge in [0.25, 0.3) is 11.6 Å². The van der Waals surface area contributed by atoms with E-state index < -0.39 is 16.6 Å². The standard InChI is InChI=1S/C17H12FN3O4S/c1-25-15-7-4-11(18)8-13(15)14-9-26-17(19-14)20-16(22)10-2-5-12(6-3-10)21(23)24/h2-9H,1H3,(H,19,20,22). The molecule has 1 heterocycles. The number of carbonyl (C=O) groups excluding carboxylic acids is 1. The molecule has 0 unspecified atom stereocenters. The molecule has 1 N–H and O–H groups in total. The fourth-order valence-corrected chi connectivity index (χ4v) is 2.94. The lowest BCUT2D eigenvalue weighted by Gasteiger charge is -2.06. The highest BCUT2D eigenvalue weighted by atomic mass is 32.1. The molecule has 3 aromatic rings. The fourth-order valence-electron chi connectivity index (χ4n) is 2.24. The number of hydrogen-bond acceptors (Lipinski definition) is 6. The number of anilines is 1. The van der Waals surface area contributed by atoms with E-state index in [1.54, 1.807) is 5.38 Å². The number of non-ortho nitro benzene ring substituents is 1. The number of hydrogen-bond donors (Lipinski definition) is 1. The number of methoxy groups -OCH3 is 1. The van der Waals surface area contributed by atoms with Gasteiger partial charge in [-0.3, -0.25) is 20.2 Å².